The second-order valence-electron chi connectivity index (χ2n) is 5.30. The second kappa shape index (κ2) is 12.9. The first-order chi connectivity index (χ1) is 10.5. The molecule has 0 heterocycles. The minimum atomic E-state index is -0.995. The van der Waals surface area contributed by atoms with Crippen LogP contribution in [-0.2, 0) is 19.1 Å². The van der Waals surface area contributed by atoms with E-state index in [1.807, 2.05) is 5.43 Å². The molecule has 0 saturated heterocycles. The highest BCUT2D eigenvalue weighted by Crippen LogP contribution is 2.08. The molecule has 6 nitrogen and oxygen atoms in total. The van der Waals surface area contributed by atoms with Crippen LogP contribution in [0.15, 0.2) is 12.2 Å². The first-order valence-corrected chi connectivity index (χ1v) is 7.92. The molecule has 0 aliphatic rings. The number of hydrogen-bond donors (Lipinski definition) is 2. The van der Waals surface area contributed by atoms with Gasteiger partial charge in [-0.05, 0) is 13.3 Å². The Balaban J connectivity index is 3.54. The van der Waals surface area contributed by atoms with Gasteiger partial charge in [-0.2, -0.15) is 0 Å². The van der Waals surface area contributed by atoms with E-state index in [1.165, 1.54) is 39.0 Å². The summed E-state index contributed by atoms with van der Waals surface area (Å²) in [4.78, 5) is 33.8. The van der Waals surface area contributed by atoms with Gasteiger partial charge in [0.15, 0.2) is 0 Å². The average Bonchev–Trinajstić information content (AvgIpc) is 2.50. The van der Waals surface area contributed by atoms with Gasteiger partial charge in [0.25, 0.3) is 5.91 Å². The third-order valence-electron chi connectivity index (χ3n) is 3.09. The lowest BCUT2D eigenvalue weighted by Crippen LogP contribution is -2.45. The molecule has 0 radical (unpaired) electrons. The molecule has 2 N–H and O–H groups in total. The van der Waals surface area contributed by atoms with Crippen molar-refractivity contribution in [2.45, 2.75) is 65.2 Å². The Hall–Kier alpha value is -1.85. The molecule has 126 valence electrons. The van der Waals surface area contributed by atoms with Crippen LogP contribution in [0, 0.1) is 0 Å². The fourth-order valence-corrected chi connectivity index (χ4v) is 1.74. The van der Waals surface area contributed by atoms with Crippen molar-refractivity contribution in [2.75, 3.05) is 6.61 Å². The quantitative estimate of drug-likeness (QED) is 0.213. The maximum atomic E-state index is 11.3. The number of unbranched alkanes of at least 4 members (excludes halogenated alkanes) is 7. The third kappa shape index (κ3) is 10.9. The molecule has 0 fully saturated rings. The van der Waals surface area contributed by atoms with Gasteiger partial charge < -0.3 is 4.74 Å². The van der Waals surface area contributed by atoms with Crippen LogP contribution in [0.25, 0.3) is 0 Å². The zero-order valence-corrected chi connectivity index (χ0v) is 13.7. The van der Waals surface area contributed by atoms with E-state index in [9.17, 15) is 14.4 Å². The van der Waals surface area contributed by atoms with Gasteiger partial charge in [0, 0.05) is 5.57 Å². The summed E-state index contributed by atoms with van der Waals surface area (Å²) in [5.74, 6) is -2.54. The molecule has 0 unspecified atom stereocenters. The van der Waals surface area contributed by atoms with Crippen LogP contribution in [0.2, 0.25) is 0 Å². The minimum Gasteiger partial charge on any atom is -0.459 e. The van der Waals surface area contributed by atoms with Crippen LogP contribution in [-0.4, -0.2) is 24.4 Å². The van der Waals surface area contributed by atoms with Crippen molar-refractivity contribution in [1.29, 1.82) is 0 Å². The molecule has 0 aromatic heterocycles. The highest BCUT2D eigenvalue weighted by atomic mass is 16.5. The van der Waals surface area contributed by atoms with E-state index in [-0.39, 0.29) is 12.2 Å². The average molecular weight is 312 g/mol. The van der Waals surface area contributed by atoms with Crippen LogP contribution in [0.5, 0.6) is 0 Å². The predicted octanol–water partition coefficient (Wildman–Crippen LogP) is 2.39. The molecule has 2 amide bonds. The fourth-order valence-electron chi connectivity index (χ4n) is 1.74. The number of ether oxygens (including phenoxy) is 1. The van der Waals surface area contributed by atoms with Gasteiger partial charge in [-0.1, -0.05) is 58.4 Å². The van der Waals surface area contributed by atoms with Crippen molar-refractivity contribution in [1.82, 2.24) is 10.9 Å². The fraction of sp³-hybridized carbons (Fsp3) is 0.688. The summed E-state index contributed by atoms with van der Waals surface area (Å²) in [6.45, 7) is 7.29. The Labute approximate surface area is 132 Å². The summed E-state index contributed by atoms with van der Waals surface area (Å²) in [6.07, 6.45) is 9.08. The van der Waals surface area contributed by atoms with Gasteiger partial charge >= 0.3 is 11.9 Å². The molecule has 0 rings (SSSR count). The van der Waals surface area contributed by atoms with Crippen LogP contribution in [0.3, 0.4) is 0 Å². The summed E-state index contributed by atoms with van der Waals surface area (Å²) in [6, 6.07) is 0. The summed E-state index contributed by atoms with van der Waals surface area (Å²) < 4.78 is 4.82. The van der Waals surface area contributed by atoms with Crippen molar-refractivity contribution in [3.8, 4) is 0 Å². The Morgan fingerprint density at radius 1 is 0.864 bits per heavy atom. The Kier molecular flexibility index (Phi) is 11.8. The van der Waals surface area contributed by atoms with Gasteiger partial charge in [0.05, 0.1) is 6.61 Å². The number of carbonyl (C=O) groups is 3. The Morgan fingerprint density at radius 3 is 1.91 bits per heavy atom. The number of nitrogens with one attached hydrogen (secondary N) is 2. The van der Waals surface area contributed by atoms with Crippen molar-refractivity contribution < 1.29 is 19.1 Å². The van der Waals surface area contributed by atoms with Gasteiger partial charge in [-0.3, -0.25) is 20.4 Å². The van der Waals surface area contributed by atoms with Crippen molar-refractivity contribution in [3.63, 3.8) is 0 Å². The van der Waals surface area contributed by atoms with E-state index in [0.29, 0.717) is 0 Å². The highest BCUT2D eigenvalue weighted by molar-refractivity contribution is 6.32. The zero-order chi connectivity index (χ0) is 16.8. The largest absolute Gasteiger partial charge is 0.459 e. The molecular formula is C16H28N2O4. The topological polar surface area (TPSA) is 84.5 Å². The van der Waals surface area contributed by atoms with Crippen LogP contribution in [0.1, 0.15) is 65.2 Å². The minimum absolute atomic E-state index is 0.218. The van der Waals surface area contributed by atoms with E-state index in [1.54, 1.807) is 0 Å². The van der Waals surface area contributed by atoms with Crippen molar-refractivity contribution >= 4 is 17.8 Å². The number of hydrogen-bond acceptors (Lipinski definition) is 4. The first kappa shape index (κ1) is 20.1. The van der Waals surface area contributed by atoms with E-state index in [2.05, 4.69) is 18.9 Å². The molecule has 6 heteroatoms. The summed E-state index contributed by atoms with van der Waals surface area (Å²) >= 11 is 0. The Bertz CT molecular complexity index is 380. The summed E-state index contributed by atoms with van der Waals surface area (Å²) in [5.41, 5.74) is 4.26. The Morgan fingerprint density at radius 2 is 1.36 bits per heavy atom. The molecule has 0 aromatic carbocycles. The maximum absolute atomic E-state index is 11.3. The van der Waals surface area contributed by atoms with Gasteiger partial charge in [-0.15, -0.1) is 0 Å². The monoisotopic (exact) mass is 312 g/mol. The lowest BCUT2D eigenvalue weighted by atomic mass is 10.1. The van der Waals surface area contributed by atoms with Gasteiger partial charge in [-0.25, -0.2) is 4.79 Å². The van der Waals surface area contributed by atoms with Crippen LogP contribution >= 0.6 is 0 Å². The van der Waals surface area contributed by atoms with E-state index >= 15 is 0 Å². The smallest absolute Gasteiger partial charge is 0.398 e. The molecule has 0 saturated carbocycles. The summed E-state index contributed by atoms with van der Waals surface area (Å²) in [7, 11) is 0. The SMILES string of the molecule is C=C(C)C(=O)NNC(=O)C(=O)OCCCCCCCCCC. The van der Waals surface area contributed by atoms with E-state index in [4.69, 9.17) is 4.74 Å². The normalized spacial score (nSPS) is 9.91. The first-order valence-electron chi connectivity index (χ1n) is 7.92. The molecular weight excluding hydrogens is 284 g/mol. The maximum Gasteiger partial charge on any atom is 0.398 e. The van der Waals surface area contributed by atoms with Crippen LogP contribution in [0.4, 0.5) is 0 Å². The lowest BCUT2D eigenvalue weighted by molar-refractivity contribution is -0.155. The van der Waals surface area contributed by atoms with Gasteiger partial charge in [0.2, 0.25) is 0 Å². The molecule has 0 atom stereocenters. The number of carbonyl (C=O) groups excluding carboxylic acids is 3. The molecule has 0 aromatic rings. The van der Waals surface area contributed by atoms with Crippen molar-refractivity contribution in [3.05, 3.63) is 12.2 Å². The molecule has 0 aliphatic carbocycles. The molecule has 0 spiro atoms. The highest BCUT2D eigenvalue weighted by Gasteiger charge is 2.15. The molecule has 22 heavy (non-hydrogen) atoms. The van der Waals surface area contributed by atoms with E-state index in [0.717, 1.165) is 19.3 Å². The number of amides is 2. The lowest BCUT2D eigenvalue weighted by Gasteiger charge is -2.07. The zero-order valence-electron chi connectivity index (χ0n) is 13.7. The standard InChI is InChI=1S/C16H28N2O4/c1-4-5-6-7-8-9-10-11-12-22-16(21)15(20)18-17-14(19)13(2)3/h2,4-12H2,1,3H3,(H,17,19)(H,18,20). The molecule has 0 aliphatic heterocycles. The predicted molar refractivity (Wildman–Crippen MR) is 84.7 cm³/mol. The summed E-state index contributed by atoms with van der Waals surface area (Å²) in [5, 5.41) is 0. The van der Waals surface area contributed by atoms with Crippen LogP contribution < -0.4 is 10.9 Å². The number of esters is 1. The van der Waals surface area contributed by atoms with Crippen molar-refractivity contribution in [2.24, 2.45) is 0 Å². The van der Waals surface area contributed by atoms with Gasteiger partial charge in [0.1, 0.15) is 0 Å². The number of hydrazine groups is 1. The van der Waals surface area contributed by atoms with E-state index < -0.39 is 17.8 Å². The number of rotatable bonds is 10. The second-order valence-corrected chi connectivity index (χ2v) is 5.30. The third-order valence-corrected chi connectivity index (χ3v) is 3.09. The molecule has 0 bridgehead atoms.